The van der Waals surface area contributed by atoms with Gasteiger partial charge in [0.05, 0.1) is 16.8 Å². The molecule has 0 saturated heterocycles. The normalized spacial score (nSPS) is 13.0. The Morgan fingerprint density at radius 3 is 1.51 bits per heavy atom. The standard InChI is InChI=1S/C59H36N2/c1-2-18-38(19-3-1)58-60-54(45-26-8-9-27-46(45)56-41-22-7-5-20-39(41)35-50-40-21-6-4-17-37(40)33-34-47(50)56)36-55(61-58)49-29-16-28-48-44-25-12-15-32-53(44)59(57(48)49)51-30-13-10-23-42(51)43-24-11-14-31-52(43)59/h1-36H. The highest BCUT2D eigenvalue weighted by Crippen LogP contribution is 2.64. The molecule has 11 aromatic rings. The molecule has 0 saturated carbocycles. The van der Waals surface area contributed by atoms with Crippen LogP contribution in [0.25, 0.3) is 99.6 Å². The lowest BCUT2D eigenvalue weighted by Gasteiger charge is -2.32. The average molecular weight is 773 g/mol. The van der Waals surface area contributed by atoms with Crippen LogP contribution < -0.4 is 0 Å². The minimum atomic E-state index is -0.518. The van der Waals surface area contributed by atoms with Crippen molar-refractivity contribution in [2.75, 3.05) is 0 Å². The van der Waals surface area contributed by atoms with Crippen molar-refractivity contribution < 1.29 is 0 Å². The molecule has 10 aromatic carbocycles. The third-order valence-electron chi connectivity index (χ3n) is 13.3. The van der Waals surface area contributed by atoms with E-state index in [2.05, 4.69) is 218 Å². The lowest BCUT2D eigenvalue weighted by molar-refractivity contribution is 0.795. The summed E-state index contributed by atoms with van der Waals surface area (Å²) >= 11 is 0. The van der Waals surface area contributed by atoms with Crippen molar-refractivity contribution in [2.24, 2.45) is 0 Å². The van der Waals surface area contributed by atoms with Crippen molar-refractivity contribution in [1.82, 2.24) is 9.97 Å². The van der Waals surface area contributed by atoms with Crippen molar-refractivity contribution in [2.45, 2.75) is 5.41 Å². The van der Waals surface area contributed by atoms with E-state index >= 15 is 0 Å². The summed E-state index contributed by atoms with van der Waals surface area (Å²) in [4.78, 5) is 11.0. The lowest BCUT2D eigenvalue weighted by Crippen LogP contribution is -2.26. The number of fused-ring (bicyclic) bond motifs is 14. The Kier molecular flexibility index (Phi) is 7.26. The maximum absolute atomic E-state index is 5.53. The second-order valence-electron chi connectivity index (χ2n) is 16.3. The zero-order valence-electron chi connectivity index (χ0n) is 33.2. The summed E-state index contributed by atoms with van der Waals surface area (Å²) < 4.78 is 0. The van der Waals surface area contributed by atoms with E-state index in [4.69, 9.17) is 9.97 Å². The van der Waals surface area contributed by atoms with Gasteiger partial charge in [-0.05, 0) is 100 Å². The molecule has 282 valence electrons. The number of hydrogen-bond acceptors (Lipinski definition) is 2. The zero-order chi connectivity index (χ0) is 40.1. The number of aromatic nitrogens is 2. The quantitative estimate of drug-likeness (QED) is 0.132. The molecule has 0 fully saturated rings. The Hall–Kier alpha value is -7.94. The van der Waals surface area contributed by atoms with Crippen LogP contribution in [0.4, 0.5) is 0 Å². The van der Waals surface area contributed by atoms with Gasteiger partial charge in [0.1, 0.15) is 0 Å². The molecule has 2 aliphatic carbocycles. The highest BCUT2D eigenvalue weighted by molar-refractivity contribution is 6.21. The van der Waals surface area contributed by atoms with Gasteiger partial charge in [-0.1, -0.05) is 206 Å². The maximum Gasteiger partial charge on any atom is 0.160 e. The van der Waals surface area contributed by atoms with Crippen LogP contribution in [0.3, 0.4) is 0 Å². The predicted octanol–water partition coefficient (Wildman–Crippen LogP) is 14.9. The fourth-order valence-corrected chi connectivity index (χ4v) is 10.8. The molecule has 0 bridgehead atoms. The minimum Gasteiger partial charge on any atom is -0.228 e. The molecule has 13 rings (SSSR count). The highest BCUT2D eigenvalue weighted by Gasteiger charge is 2.52. The molecule has 0 aliphatic heterocycles. The Morgan fingerprint density at radius 2 is 0.803 bits per heavy atom. The number of nitrogens with zero attached hydrogens (tertiary/aromatic N) is 2. The maximum atomic E-state index is 5.53. The Morgan fingerprint density at radius 1 is 0.295 bits per heavy atom. The smallest absolute Gasteiger partial charge is 0.160 e. The molecule has 1 heterocycles. The first-order valence-corrected chi connectivity index (χ1v) is 21.1. The van der Waals surface area contributed by atoms with Crippen LogP contribution in [0.15, 0.2) is 218 Å². The second-order valence-corrected chi connectivity index (χ2v) is 16.3. The molecular formula is C59H36N2. The van der Waals surface area contributed by atoms with E-state index in [-0.39, 0.29) is 0 Å². The predicted molar refractivity (Wildman–Crippen MR) is 253 cm³/mol. The van der Waals surface area contributed by atoms with E-state index in [0.29, 0.717) is 5.82 Å². The van der Waals surface area contributed by atoms with E-state index in [1.165, 1.54) is 82.4 Å². The van der Waals surface area contributed by atoms with Gasteiger partial charge < -0.3 is 0 Å². The number of rotatable bonds is 4. The zero-order valence-corrected chi connectivity index (χ0v) is 33.2. The van der Waals surface area contributed by atoms with Crippen LogP contribution in [0.5, 0.6) is 0 Å². The summed E-state index contributed by atoms with van der Waals surface area (Å²) in [5, 5.41) is 7.39. The van der Waals surface area contributed by atoms with Crippen LogP contribution in [-0.4, -0.2) is 9.97 Å². The Labute approximate surface area is 354 Å². The first-order chi connectivity index (χ1) is 30.3. The summed E-state index contributed by atoms with van der Waals surface area (Å²) in [6.07, 6.45) is 0. The van der Waals surface area contributed by atoms with Crippen LogP contribution in [-0.2, 0) is 5.41 Å². The van der Waals surface area contributed by atoms with Gasteiger partial charge >= 0.3 is 0 Å². The lowest BCUT2D eigenvalue weighted by atomic mass is 9.69. The van der Waals surface area contributed by atoms with E-state index in [1.54, 1.807) is 0 Å². The highest BCUT2D eigenvalue weighted by atomic mass is 14.9. The number of benzene rings is 10. The first kappa shape index (κ1) is 34.0. The summed E-state index contributed by atoms with van der Waals surface area (Å²) in [6, 6.07) is 79.7. The van der Waals surface area contributed by atoms with Crippen molar-refractivity contribution in [3.63, 3.8) is 0 Å². The Bertz CT molecular complexity index is 3540. The van der Waals surface area contributed by atoms with Crippen molar-refractivity contribution in [1.29, 1.82) is 0 Å². The molecule has 0 radical (unpaired) electrons. The van der Waals surface area contributed by atoms with Crippen molar-refractivity contribution in [3.05, 3.63) is 241 Å². The molecule has 2 nitrogen and oxygen atoms in total. The van der Waals surface area contributed by atoms with Gasteiger partial charge in [0.15, 0.2) is 5.82 Å². The summed E-state index contributed by atoms with van der Waals surface area (Å²) in [6.45, 7) is 0. The monoisotopic (exact) mass is 772 g/mol. The molecule has 0 N–H and O–H groups in total. The van der Waals surface area contributed by atoms with Gasteiger partial charge in [-0.25, -0.2) is 9.97 Å². The van der Waals surface area contributed by atoms with Crippen LogP contribution in [0, 0.1) is 0 Å². The SMILES string of the molecule is c1ccc(-c2nc(-c3ccccc3-c3c4ccccc4cc4c3ccc3ccccc34)cc(-c3cccc4c3C3(c5ccccc5-c5ccccc53)c3ccccc3-4)n2)cc1. The van der Waals surface area contributed by atoms with E-state index < -0.39 is 5.41 Å². The van der Waals surface area contributed by atoms with Gasteiger partial charge in [-0.2, -0.15) is 0 Å². The fourth-order valence-electron chi connectivity index (χ4n) is 10.8. The molecule has 2 aliphatic rings. The fraction of sp³-hybridized carbons (Fsp3) is 0.0169. The van der Waals surface area contributed by atoms with Gasteiger partial charge in [0.2, 0.25) is 0 Å². The third kappa shape index (κ3) is 4.79. The van der Waals surface area contributed by atoms with Gasteiger partial charge in [-0.15, -0.1) is 0 Å². The topological polar surface area (TPSA) is 25.8 Å². The molecule has 0 amide bonds. The van der Waals surface area contributed by atoms with Crippen molar-refractivity contribution in [3.8, 4) is 67.3 Å². The second kappa shape index (κ2) is 13.0. The van der Waals surface area contributed by atoms with Crippen LogP contribution >= 0.6 is 0 Å². The molecular weight excluding hydrogens is 737 g/mol. The van der Waals surface area contributed by atoms with E-state index in [9.17, 15) is 0 Å². The van der Waals surface area contributed by atoms with Gasteiger partial charge in [0.25, 0.3) is 0 Å². The average Bonchev–Trinajstić information content (AvgIpc) is 3.81. The molecule has 1 spiro atoms. The molecule has 61 heavy (non-hydrogen) atoms. The van der Waals surface area contributed by atoms with Crippen LogP contribution in [0.1, 0.15) is 22.3 Å². The van der Waals surface area contributed by atoms with Gasteiger partial charge in [-0.3, -0.25) is 0 Å². The summed E-state index contributed by atoms with van der Waals surface area (Å²) in [5.41, 5.74) is 17.1. The minimum absolute atomic E-state index is 0.518. The summed E-state index contributed by atoms with van der Waals surface area (Å²) in [5.74, 6) is 0.700. The van der Waals surface area contributed by atoms with Crippen molar-refractivity contribution >= 4 is 32.3 Å². The molecule has 0 atom stereocenters. The molecule has 2 heteroatoms. The Balaban J connectivity index is 1.11. The largest absolute Gasteiger partial charge is 0.228 e. The molecule has 1 aromatic heterocycles. The van der Waals surface area contributed by atoms with Gasteiger partial charge in [0, 0.05) is 16.7 Å². The third-order valence-corrected chi connectivity index (χ3v) is 13.3. The first-order valence-electron chi connectivity index (χ1n) is 21.1. The number of hydrogen-bond donors (Lipinski definition) is 0. The summed E-state index contributed by atoms with van der Waals surface area (Å²) in [7, 11) is 0. The van der Waals surface area contributed by atoms with Crippen LogP contribution in [0.2, 0.25) is 0 Å². The van der Waals surface area contributed by atoms with E-state index in [1.807, 2.05) is 0 Å². The molecule has 0 unspecified atom stereocenters. The van der Waals surface area contributed by atoms with E-state index in [0.717, 1.165) is 33.6 Å².